The normalized spacial score (nSPS) is 15.9. The van der Waals surface area contributed by atoms with Gasteiger partial charge in [0, 0.05) is 30.2 Å². The predicted molar refractivity (Wildman–Crippen MR) is 139 cm³/mol. The van der Waals surface area contributed by atoms with Crippen molar-refractivity contribution in [1.29, 1.82) is 0 Å². The summed E-state index contributed by atoms with van der Waals surface area (Å²) in [5.74, 6) is 0.744. The first kappa shape index (κ1) is 22.9. The summed E-state index contributed by atoms with van der Waals surface area (Å²) < 4.78 is 12.6. The van der Waals surface area contributed by atoms with E-state index < -0.39 is 5.60 Å². The Labute approximate surface area is 206 Å². The molecule has 4 heteroatoms. The van der Waals surface area contributed by atoms with Gasteiger partial charge in [-0.1, -0.05) is 103 Å². The highest BCUT2D eigenvalue weighted by Gasteiger charge is 2.41. The van der Waals surface area contributed by atoms with Crippen LogP contribution in [0.3, 0.4) is 0 Å². The van der Waals surface area contributed by atoms with E-state index in [1.807, 2.05) is 83.8 Å². The second kappa shape index (κ2) is 10.2. The van der Waals surface area contributed by atoms with E-state index in [0.717, 1.165) is 28.8 Å². The minimum atomic E-state index is -0.917. The van der Waals surface area contributed by atoms with Gasteiger partial charge in [0.15, 0.2) is 5.60 Å². The highest BCUT2D eigenvalue weighted by atomic mass is 16.5. The molecule has 0 spiro atoms. The lowest BCUT2D eigenvalue weighted by molar-refractivity contribution is -0.117. The standard InChI is InChI=1S/C31H29NO3/c1-34-23-27-21-22-30(33)32(27)28-19-11-12-20-29(28)35-31(24-13-5-2-6-14-24,25-15-7-3-8-16-25)26-17-9-4-10-18-26/h2-20,27H,21-23H2,1H3/t27-/m1/s1. The largest absolute Gasteiger partial charge is 0.471 e. The van der Waals surface area contributed by atoms with Crippen molar-refractivity contribution in [2.24, 2.45) is 0 Å². The number of anilines is 1. The van der Waals surface area contributed by atoms with Crippen molar-refractivity contribution in [3.63, 3.8) is 0 Å². The lowest BCUT2D eigenvalue weighted by atomic mass is 9.80. The zero-order valence-electron chi connectivity index (χ0n) is 19.8. The number of carbonyl (C=O) groups is 1. The van der Waals surface area contributed by atoms with Crippen molar-refractivity contribution < 1.29 is 14.3 Å². The first-order chi connectivity index (χ1) is 17.2. The molecule has 4 nitrogen and oxygen atoms in total. The van der Waals surface area contributed by atoms with Gasteiger partial charge >= 0.3 is 0 Å². The number of hydrogen-bond donors (Lipinski definition) is 0. The quantitative estimate of drug-likeness (QED) is 0.292. The van der Waals surface area contributed by atoms with Crippen LogP contribution in [0.25, 0.3) is 0 Å². The van der Waals surface area contributed by atoms with Crippen LogP contribution in [0.5, 0.6) is 5.75 Å². The van der Waals surface area contributed by atoms with E-state index in [-0.39, 0.29) is 11.9 Å². The Morgan fingerprint density at radius 3 is 1.74 bits per heavy atom. The molecular formula is C31H29NO3. The molecule has 0 N–H and O–H groups in total. The molecule has 35 heavy (non-hydrogen) atoms. The van der Waals surface area contributed by atoms with Crippen molar-refractivity contribution in [1.82, 2.24) is 0 Å². The van der Waals surface area contributed by atoms with Crippen LogP contribution >= 0.6 is 0 Å². The molecule has 0 aromatic heterocycles. The fraction of sp³-hybridized carbons (Fsp3) is 0.194. The van der Waals surface area contributed by atoms with Crippen LogP contribution < -0.4 is 9.64 Å². The average molecular weight is 464 g/mol. The molecule has 0 saturated carbocycles. The SMILES string of the molecule is COC[C@H]1CCC(=O)N1c1ccccc1OC(c1ccccc1)(c1ccccc1)c1ccccc1. The topological polar surface area (TPSA) is 38.8 Å². The average Bonchev–Trinajstić information content (AvgIpc) is 3.29. The van der Waals surface area contributed by atoms with Gasteiger partial charge in [0.25, 0.3) is 0 Å². The maximum absolute atomic E-state index is 13.0. The molecule has 1 heterocycles. The van der Waals surface area contributed by atoms with Gasteiger partial charge in [-0.2, -0.15) is 0 Å². The monoisotopic (exact) mass is 463 g/mol. The Balaban J connectivity index is 1.72. The zero-order chi connectivity index (χ0) is 24.1. The highest BCUT2D eigenvalue weighted by molar-refractivity contribution is 5.97. The van der Waals surface area contributed by atoms with Gasteiger partial charge in [0.1, 0.15) is 5.75 Å². The minimum absolute atomic E-state index is 0.0168. The number of para-hydroxylation sites is 2. The first-order valence-corrected chi connectivity index (χ1v) is 12.0. The molecule has 1 amide bonds. The second-order valence-corrected chi connectivity index (χ2v) is 8.76. The Kier molecular flexibility index (Phi) is 6.64. The lowest BCUT2D eigenvalue weighted by Crippen LogP contribution is -2.39. The van der Waals surface area contributed by atoms with Crippen LogP contribution in [0.4, 0.5) is 5.69 Å². The van der Waals surface area contributed by atoms with Crippen LogP contribution in [0, 0.1) is 0 Å². The Hall–Kier alpha value is -3.89. The summed E-state index contributed by atoms with van der Waals surface area (Å²) >= 11 is 0. The molecule has 1 aliphatic rings. The highest BCUT2D eigenvalue weighted by Crippen LogP contribution is 2.44. The molecule has 0 aliphatic carbocycles. The van der Waals surface area contributed by atoms with Gasteiger partial charge in [-0.15, -0.1) is 0 Å². The Bertz CT molecular complexity index is 1160. The summed E-state index contributed by atoms with van der Waals surface area (Å²) in [6.07, 6.45) is 1.27. The predicted octanol–water partition coefficient (Wildman–Crippen LogP) is 6.20. The molecule has 0 radical (unpaired) electrons. The van der Waals surface area contributed by atoms with E-state index in [9.17, 15) is 4.79 Å². The zero-order valence-corrected chi connectivity index (χ0v) is 19.8. The van der Waals surface area contributed by atoms with Crippen LogP contribution in [0.15, 0.2) is 115 Å². The third-order valence-electron chi connectivity index (χ3n) is 6.61. The van der Waals surface area contributed by atoms with Crippen LogP contribution in [0.2, 0.25) is 0 Å². The van der Waals surface area contributed by atoms with Crippen LogP contribution in [-0.2, 0) is 15.1 Å². The molecule has 4 aromatic rings. The fourth-order valence-electron chi connectivity index (χ4n) is 5.03. The number of carbonyl (C=O) groups excluding carboxylic acids is 1. The van der Waals surface area contributed by atoms with E-state index in [1.165, 1.54) is 0 Å². The number of benzene rings is 4. The van der Waals surface area contributed by atoms with Gasteiger partial charge in [-0.05, 0) is 18.6 Å². The number of hydrogen-bond acceptors (Lipinski definition) is 3. The molecule has 1 saturated heterocycles. The van der Waals surface area contributed by atoms with Crippen molar-refractivity contribution in [3.05, 3.63) is 132 Å². The molecule has 176 valence electrons. The van der Waals surface area contributed by atoms with Crippen molar-refractivity contribution in [3.8, 4) is 5.75 Å². The maximum atomic E-state index is 13.0. The molecule has 1 aliphatic heterocycles. The summed E-state index contributed by atoms with van der Waals surface area (Å²) in [5, 5.41) is 0. The van der Waals surface area contributed by atoms with Crippen molar-refractivity contribution >= 4 is 11.6 Å². The number of nitrogens with zero attached hydrogens (tertiary/aromatic N) is 1. The molecule has 1 atom stereocenters. The van der Waals surface area contributed by atoms with Gasteiger partial charge in [-0.25, -0.2) is 0 Å². The Morgan fingerprint density at radius 1 is 0.743 bits per heavy atom. The lowest BCUT2D eigenvalue weighted by Gasteiger charge is -2.38. The molecule has 4 aromatic carbocycles. The summed E-state index contributed by atoms with van der Waals surface area (Å²) in [5.41, 5.74) is 2.87. The number of rotatable bonds is 8. The maximum Gasteiger partial charge on any atom is 0.227 e. The third kappa shape index (κ3) is 4.33. The van der Waals surface area contributed by atoms with Gasteiger partial charge in [-0.3, -0.25) is 4.79 Å². The number of amides is 1. The minimum Gasteiger partial charge on any atom is -0.471 e. The summed E-state index contributed by atoms with van der Waals surface area (Å²) in [6.45, 7) is 0.487. The third-order valence-corrected chi connectivity index (χ3v) is 6.61. The Morgan fingerprint density at radius 2 is 1.23 bits per heavy atom. The fourth-order valence-corrected chi connectivity index (χ4v) is 5.03. The van der Waals surface area contributed by atoms with E-state index >= 15 is 0 Å². The molecule has 5 rings (SSSR count). The van der Waals surface area contributed by atoms with Crippen molar-refractivity contribution in [2.75, 3.05) is 18.6 Å². The van der Waals surface area contributed by atoms with Gasteiger partial charge in [0.2, 0.25) is 5.91 Å². The number of ether oxygens (including phenoxy) is 2. The summed E-state index contributed by atoms with van der Waals surface area (Å²) in [4.78, 5) is 14.9. The molecule has 0 unspecified atom stereocenters. The first-order valence-electron chi connectivity index (χ1n) is 12.0. The van der Waals surface area contributed by atoms with Crippen LogP contribution in [-0.4, -0.2) is 25.7 Å². The van der Waals surface area contributed by atoms with E-state index in [0.29, 0.717) is 18.8 Å². The molecule has 0 bridgehead atoms. The smallest absolute Gasteiger partial charge is 0.227 e. The van der Waals surface area contributed by atoms with Gasteiger partial charge < -0.3 is 14.4 Å². The van der Waals surface area contributed by atoms with Gasteiger partial charge in [0.05, 0.1) is 18.3 Å². The summed E-state index contributed by atoms with van der Waals surface area (Å²) in [7, 11) is 1.68. The van der Waals surface area contributed by atoms with E-state index in [1.54, 1.807) is 7.11 Å². The second-order valence-electron chi connectivity index (χ2n) is 8.76. The molecule has 1 fully saturated rings. The van der Waals surface area contributed by atoms with E-state index in [4.69, 9.17) is 9.47 Å². The summed E-state index contributed by atoms with van der Waals surface area (Å²) in [6, 6.07) is 38.6. The number of methoxy groups -OCH3 is 1. The van der Waals surface area contributed by atoms with Crippen molar-refractivity contribution in [2.45, 2.75) is 24.5 Å². The van der Waals surface area contributed by atoms with E-state index in [2.05, 4.69) is 36.4 Å². The molecular weight excluding hydrogens is 434 g/mol. The van der Waals surface area contributed by atoms with Crippen LogP contribution in [0.1, 0.15) is 29.5 Å².